The Kier molecular flexibility index (Phi) is 4.84. The van der Waals surface area contributed by atoms with Crippen LogP contribution in [0.5, 0.6) is 0 Å². The quantitative estimate of drug-likeness (QED) is 0.658. The lowest BCUT2D eigenvalue weighted by atomic mass is 9.80. The number of halogens is 4. The third-order valence-corrected chi connectivity index (χ3v) is 4.27. The second-order valence-corrected chi connectivity index (χ2v) is 6.03. The zero-order valence-electron chi connectivity index (χ0n) is 14.0. The largest absolute Gasteiger partial charge is 0.416 e. The summed E-state index contributed by atoms with van der Waals surface area (Å²) in [6, 6.07) is 9.45. The lowest BCUT2D eigenvalue weighted by molar-refractivity contribution is -0.137. The Bertz CT molecular complexity index is 919. The molecule has 27 heavy (non-hydrogen) atoms. The third-order valence-electron chi connectivity index (χ3n) is 4.27. The van der Waals surface area contributed by atoms with Crippen molar-refractivity contribution >= 4 is 5.57 Å². The molecule has 0 spiro atoms. The van der Waals surface area contributed by atoms with E-state index in [1.807, 2.05) is 0 Å². The van der Waals surface area contributed by atoms with Gasteiger partial charge in [-0.3, -0.25) is 5.10 Å². The highest BCUT2D eigenvalue weighted by Crippen LogP contribution is 2.38. The molecular weight excluding hydrogens is 362 g/mol. The molecular formula is C19H15F4N3O. The first-order chi connectivity index (χ1) is 12.7. The third kappa shape index (κ3) is 3.90. The number of rotatable bonds is 5. The van der Waals surface area contributed by atoms with Crippen molar-refractivity contribution in [2.45, 2.75) is 18.2 Å². The lowest BCUT2D eigenvalue weighted by Crippen LogP contribution is -2.30. The zero-order valence-corrected chi connectivity index (χ0v) is 14.0. The number of aliphatic hydroxyl groups is 1. The Morgan fingerprint density at radius 1 is 1.00 bits per heavy atom. The molecule has 1 heterocycles. The molecule has 0 bridgehead atoms. The maximum atomic E-state index is 13.3. The lowest BCUT2D eigenvalue weighted by Gasteiger charge is -2.30. The van der Waals surface area contributed by atoms with Gasteiger partial charge in [0, 0.05) is 6.42 Å². The predicted octanol–water partition coefficient (Wildman–Crippen LogP) is 4.11. The van der Waals surface area contributed by atoms with E-state index in [0.717, 1.165) is 12.1 Å². The molecule has 0 saturated carbocycles. The molecule has 1 unspecified atom stereocenters. The monoisotopic (exact) mass is 377 g/mol. The molecule has 1 atom stereocenters. The van der Waals surface area contributed by atoms with Crippen LogP contribution in [0.25, 0.3) is 5.57 Å². The van der Waals surface area contributed by atoms with Gasteiger partial charge in [0.25, 0.3) is 0 Å². The van der Waals surface area contributed by atoms with Crippen molar-refractivity contribution in [2.24, 2.45) is 0 Å². The molecule has 0 aliphatic heterocycles. The van der Waals surface area contributed by atoms with Gasteiger partial charge in [-0.05, 0) is 41.0 Å². The number of nitrogens with zero attached hydrogens (tertiary/aromatic N) is 2. The molecule has 2 aromatic carbocycles. The minimum absolute atomic E-state index is 0.0709. The fraction of sp³-hybridized carbons (Fsp3) is 0.158. The van der Waals surface area contributed by atoms with Gasteiger partial charge < -0.3 is 5.11 Å². The maximum Gasteiger partial charge on any atom is 0.416 e. The van der Waals surface area contributed by atoms with E-state index in [4.69, 9.17) is 0 Å². The molecule has 8 heteroatoms. The summed E-state index contributed by atoms with van der Waals surface area (Å²) >= 11 is 0. The number of hydrogen-bond donors (Lipinski definition) is 2. The number of aromatic amines is 1. The summed E-state index contributed by atoms with van der Waals surface area (Å²) in [4.78, 5) is 3.98. The van der Waals surface area contributed by atoms with Gasteiger partial charge in [-0.2, -0.15) is 18.3 Å². The van der Waals surface area contributed by atoms with Crippen LogP contribution in [-0.4, -0.2) is 20.3 Å². The summed E-state index contributed by atoms with van der Waals surface area (Å²) in [6.07, 6.45) is -3.27. The summed E-state index contributed by atoms with van der Waals surface area (Å²) in [5.74, 6) is -0.143. The Labute approximate surface area is 152 Å². The van der Waals surface area contributed by atoms with Gasteiger partial charge >= 0.3 is 6.18 Å². The molecule has 3 aromatic rings. The van der Waals surface area contributed by atoms with Crippen LogP contribution in [0.1, 0.15) is 22.5 Å². The number of nitrogens with one attached hydrogen (secondary N) is 1. The predicted molar refractivity (Wildman–Crippen MR) is 90.9 cm³/mol. The molecule has 0 radical (unpaired) electrons. The molecule has 0 saturated heterocycles. The first-order valence-electron chi connectivity index (χ1n) is 7.90. The highest BCUT2D eigenvalue weighted by atomic mass is 19.4. The van der Waals surface area contributed by atoms with E-state index < -0.39 is 23.2 Å². The number of H-pyrrole nitrogens is 1. The van der Waals surface area contributed by atoms with E-state index in [9.17, 15) is 22.7 Å². The Morgan fingerprint density at radius 3 is 2.11 bits per heavy atom. The summed E-state index contributed by atoms with van der Waals surface area (Å²) in [5.41, 5.74) is -1.74. The number of aromatic nitrogens is 3. The number of benzene rings is 2. The van der Waals surface area contributed by atoms with E-state index in [-0.39, 0.29) is 12.0 Å². The molecule has 0 aliphatic carbocycles. The highest BCUT2D eigenvalue weighted by molar-refractivity contribution is 5.72. The number of alkyl halides is 3. The second kappa shape index (κ2) is 6.96. The molecule has 0 amide bonds. The van der Waals surface area contributed by atoms with Crippen LogP contribution in [0.15, 0.2) is 61.4 Å². The average Bonchev–Trinajstić information content (AvgIpc) is 3.13. The Morgan fingerprint density at radius 2 is 1.59 bits per heavy atom. The molecule has 3 rings (SSSR count). The van der Waals surface area contributed by atoms with Crippen LogP contribution >= 0.6 is 0 Å². The van der Waals surface area contributed by atoms with Crippen LogP contribution in [0, 0.1) is 5.82 Å². The van der Waals surface area contributed by atoms with Crippen LogP contribution < -0.4 is 0 Å². The summed E-state index contributed by atoms with van der Waals surface area (Å²) in [6.45, 7) is 3.88. The molecule has 140 valence electrons. The van der Waals surface area contributed by atoms with Gasteiger partial charge in [0.05, 0.1) is 5.56 Å². The van der Waals surface area contributed by atoms with E-state index in [0.29, 0.717) is 17.0 Å². The normalized spacial score (nSPS) is 14.0. The van der Waals surface area contributed by atoms with Crippen molar-refractivity contribution in [2.75, 3.05) is 0 Å². The molecule has 2 N–H and O–H groups in total. The van der Waals surface area contributed by atoms with Crippen LogP contribution in [0.4, 0.5) is 17.6 Å². The van der Waals surface area contributed by atoms with E-state index in [2.05, 4.69) is 21.8 Å². The minimum atomic E-state index is -4.47. The number of hydrogen-bond acceptors (Lipinski definition) is 3. The average molecular weight is 377 g/mol. The van der Waals surface area contributed by atoms with Gasteiger partial charge in [-0.15, -0.1) is 0 Å². The van der Waals surface area contributed by atoms with Gasteiger partial charge in [-0.25, -0.2) is 9.37 Å². The molecule has 4 nitrogen and oxygen atoms in total. The maximum absolute atomic E-state index is 13.3. The van der Waals surface area contributed by atoms with Gasteiger partial charge in [0.2, 0.25) is 0 Å². The van der Waals surface area contributed by atoms with Crippen molar-refractivity contribution in [3.05, 3.63) is 89.8 Å². The summed E-state index contributed by atoms with van der Waals surface area (Å²) in [5, 5.41) is 17.7. The van der Waals surface area contributed by atoms with E-state index >= 15 is 0 Å². The van der Waals surface area contributed by atoms with Crippen molar-refractivity contribution in [1.82, 2.24) is 15.2 Å². The topological polar surface area (TPSA) is 61.8 Å². The first-order valence-corrected chi connectivity index (χ1v) is 7.90. The first kappa shape index (κ1) is 18.8. The van der Waals surface area contributed by atoms with Gasteiger partial charge in [0.15, 0.2) is 0 Å². The second-order valence-electron chi connectivity index (χ2n) is 6.03. The van der Waals surface area contributed by atoms with Crippen molar-refractivity contribution in [3.8, 4) is 0 Å². The zero-order chi connectivity index (χ0) is 19.7. The highest BCUT2D eigenvalue weighted by Gasteiger charge is 2.36. The van der Waals surface area contributed by atoms with Crippen molar-refractivity contribution in [1.29, 1.82) is 0 Å². The van der Waals surface area contributed by atoms with Crippen molar-refractivity contribution in [3.63, 3.8) is 0 Å². The van der Waals surface area contributed by atoms with E-state index in [1.165, 1.54) is 42.7 Å². The smallest absolute Gasteiger partial charge is 0.380 e. The van der Waals surface area contributed by atoms with Crippen LogP contribution in [0.3, 0.4) is 0 Å². The van der Waals surface area contributed by atoms with Gasteiger partial charge in [0.1, 0.15) is 23.6 Å². The standard InChI is InChI=1S/C19H15F4N3O/c1-12(13-2-4-15(5-3-13)19(21,22)23)18(27,10-17-24-11-25-26-17)14-6-8-16(20)9-7-14/h2-9,11,27H,1,10H2,(H,24,25,26). The summed E-state index contributed by atoms with van der Waals surface area (Å²) < 4.78 is 51.6. The minimum Gasteiger partial charge on any atom is -0.380 e. The summed E-state index contributed by atoms with van der Waals surface area (Å²) in [7, 11) is 0. The fourth-order valence-electron chi connectivity index (χ4n) is 2.77. The van der Waals surface area contributed by atoms with Gasteiger partial charge in [-0.1, -0.05) is 30.8 Å². The molecule has 0 fully saturated rings. The molecule has 0 aliphatic rings. The molecule has 1 aromatic heterocycles. The Hall–Kier alpha value is -3.00. The SMILES string of the molecule is C=C(c1ccc(C(F)(F)F)cc1)C(O)(Cc1ncn[nH]1)c1ccc(F)cc1. The van der Waals surface area contributed by atoms with E-state index in [1.54, 1.807) is 0 Å². The van der Waals surface area contributed by atoms with Crippen molar-refractivity contribution < 1.29 is 22.7 Å². The Balaban J connectivity index is 2.01. The van der Waals surface area contributed by atoms with Crippen LogP contribution in [0.2, 0.25) is 0 Å². The van der Waals surface area contributed by atoms with Crippen LogP contribution in [-0.2, 0) is 18.2 Å². The fourth-order valence-corrected chi connectivity index (χ4v) is 2.77.